The van der Waals surface area contributed by atoms with Crippen molar-refractivity contribution in [2.24, 2.45) is 0 Å². The first-order chi connectivity index (χ1) is 23.4. The van der Waals surface area contributed by atoms with Crippen LogP contribution in [0.2, 0.25) is 5.02 Å². The van der Waals surface area contributed by atoms with Crippen molar-refractivity contribution >= 4 is 52.3 Å². The molecule has 0 saturated carbocycles. The molecule has 0 radical (unpaired) electrons. The smallest absolute Gasteiger partial charge is 0.459 e. The van der Waals surface area contributed by atoms with Gasteiger partial charge in [-0.15, -0.1) is 4.83 Å². The number of rotatable bonds is 14. The molecule has 1 aliphatic rings. The number of sulfonamides is 1. The molecule has 1 fully saturated rings. The van der Waals surface area contributed by atoms with Crippen LogP contribution in [0.1, 0.15) is 32.6 Å². The topological polar surface area (TPSA) is 217 Å². The van der Waals surface area contributed by atoms with Gasteiger partial charge in [0, 0.05) is 12.1 Å². The summed E-state index contributed by atoms with van der Waals surface area (Å²) in [6, 6.07) is 14.9. The average molecular weight is 754 g/mol. The first-order valence-electron chi connectivity index (χ1n) is 15.0. The second-order valence-corrected chi connectivity index (χ2v) is 16.1. The van der Waals surface area contributed by atoms with Crippen LogP contribution in [0.4, 0.5) is 5.82 Å². The maximum Gasteiger partial charge on any atom is 0.459 e. The van der Waals surface area contributed by atoms with Gasteiger partial charge in [0.2, 0.25) is 10.0 Å². The number of ether oxygens (including phenoxy) is 2. The summed E-state index contributed by atoms with van der Waals surface area (Å²) in [5.74, 6) is -0.559. The van der Waals surface area contributed by atoms with E-state index in [2.05, 4.69) is 24.9 Å². The molecule has 0 amide bonds. The summed E-state index contributed by atoms with van der Waals surface area (Å²) in [4.78, 5) is 28.0. The number of hydrogen-bond donors (Lipinski definition) is 4. The Morgan fingerprint density at radius 1 is 1.16 bits per heavy atom. The van der Waals surface area contributed by atoms with Gasteiger partial charge in [0.15, 0.2) is 23.2 Å². The minimum atomic E-state index is -4.47. The van der Waals surface area contributed by atoms with E-state index in [0.29, 0.717) is 5.02 Å². The summed E-state index contributed by atoms with van der Waals surface area (Å²) in [6.07, 6.45) is -0.776. The van der Waals surface area contributed by atoms with Crippen molar-refractivity contribution in [2.75, 3.05) is 24.9 Å². The fourth-order valence-corrected chi connectivity index (χ4v) is 7.50. The van der Waals surface area contributed by atoms with Crippen LogP contribution in [0.3, 0.4) is 0 Å². The highest BCUT2D eigenvalue weighted by Crippen LogP contribution is 2.48. The number of hydrazine groups is 1. The lowest BCUT2D eigenvalue weighted by Crippen LogP contribution is -2.47. The van der Waals surface area contributed by atoms with Crippen molar-refractivity contribution in [3.63, 3.8) is 0 Å². The van der Waals surface area contributed by atoms with E-state index in [1.54, 1.807) is 24.3 Å². The molecule has 2 aromatic heterocycles. The summed E-state index contributed by atoms with van der Waals surface area (Å²) < 4.78 is 62.2. The van der Waals surface area contributed by atoms with E-state index in [4.69, 9.17) is 30.1 Å². The number of anilines is 1. The molecule has 1 aliphatic heterocycles. The first kappa shape index (κ1) is 37.5. The van der Waals surface area contributed by atoms with Crippen LogP contribution in [0.25, 0.3) is 11.2 Å². The van der Waals surface area contributed by atoms with E-state index in [9.17, 15) is 28.0 Å². The number of aliphatic hydroxyl groups is 2. The zero-order valence-electron chi connectivity index (χ0n) is 27.6. The van der Waals surface area contributed by atoms with Gasteiger partial charge in [-0.3, -0.25) is 18.9 Å². The molecule has 20 heteroatoms. The van der Waals surface area contributed by atoms with Crippen molar-refractivity contribution in [3.8, 4) is 5.75 Å². The van der Waals surface area contributed by atoms with E-state index in [-0.39, 0.29) is 29.3 Å². The minimum Gasteiger partial charge on any atom is -0.459 e. The lowest BCUT2D eigenvalue weighted by molar-refractivity contribution is -0.151. The number of benzene rings is 2. The number of carbonyl (C=O) groups excluding carboxylic acids is 1. The van der Waals surface area contributed by atoms with Crippen LogP contribution in [-0.4, -0.2) is 87.4 Å². The Hall–Kier alpha value is -3.71. The molecule has 17 nitrogen and oxygen atoms in total. The Morgan fingerprint density at radius 2 is 1.84 bits per heavy atom. The maximum absolute atomic E-state index is 14.3. The van der Waals surface area contributed by atoms with Gasteiger partial charge in [0.1, 0.15) is 42.0 Å². The molecule has 0 aliphatic carbocycles. The number of aliphatic hydroxyl groups excluding tert-OH is 1. The standard InChI is InChI=1S/C30H37ClN7O10PS/c1-29(2,28(40)45-15-19-9-7-6-8-10-19)35-49(42,48-21-13-11-20(31)12-14-21)46-16-22-24(39)30(3,41)27(47-22)38-18-34-23-25(32-17-33-26(23)38)37(4)36-50(5,43)44/h6-14,17-18,22,24,27,36,39,41H,15-16H2,1-5H3,(H,35,42)/t22-,24?,27-,30-,49?/m1/s1. The molecular formula is C30H37ClN7O10PS. The van der Waals surface area contributed by atoms with E-state index in [1.165, 1.54) is 69.3 Å². The van der Waals surface area contributed by atoms with Crippen LogP contribution in [0.15, 0.2) is 67.3 Å². The number of nitrogens with zero attached hydrogens (tertiary/aromatic N) is 5. The van der Waals surface area contributed by atoms with Gasteiger partial charge in [-0.1, -0.05) is 41.9 Å². The first-order valence-corrected chi connectivity index (χ1v) is 18.8. The molecule has 2 unspecified atom stereocenters. The highest BCUT2D eigenvalue weighted by atomic mass is 35.5. The summed E-state index contributed by atoms with van der Waals surface area (Å²) >= 11 is 6.00. The maximum atomic E-state index is 14.3. The summed E-state index contributed by atoms with van der Waals surface area (Å²) in [7, 11) is -6.70. The van der Waals surface area contributed by atoms with Crippen molar-refractivity contribution in [3.05, 3.63) is 77.8 Å². The number of fused-ring (bicyclic) bond motifs is 1. The van der Waals surface area contributed by atoms with Crippen molar-refractivity contribution in [1.82, 2.24) is 29.4 Å². The Balaban J connectivity index is 1.36. The van der Waals surface area contributed by atoms with Gasteiger partial charge in [-0.25, -0.2) is 27.9 Å². The van der Waals surface area contributed by atoms with Crippen LogP contribution in [-0.2, 0) is 40.0 Å². The van der Waals surface area contributed by atoms with Crippen molar-refractivity contribution in [1.29, 1.82) is 0 Å². The van der Waals surface area contributed by atoms with Crippen LogP contribution in [0.5, 0.6) is 5.75 Å². The van der Waals surface area contributed by atoms with Crippen LogP contribution < -0.4 is 19.5 Å². The van der Waals surface area contributed by atoms with Gasteiger partial charge in [-0.2, -0.15) is 5.09 Å². The number of nitrogens with one attached hydrogen (secondary N) is 2. The Kier molecular flexibility index (Phi) is 10.9. The Labute approximate surface area is 293 Å². The number of aromatic nitrogens is 4. The zero-order chi connectivity index (χ0) is 36.5. The summed E-state index contributed by atoms with van der Waals surface area (Å²) in [6.45, 7) is 3.57. The third-order valence-electron chi connectivity index (χ3n) is 7.55. The van der Waals surface area contributed by atoms with Crippen molar-refractivity contribution in [2.45, 2.75) is 57.0 Å². The molecular weight excluding hydrogens is 717 g/mol. The molecule has 5 rings (SSSR count). The number of esters is 1. The molecule has 4 aromatic rings. The SMILES string of the molecule is CN(NS(C)(=O)=O)c1ncnc2c1ncn2[C@@H]1O[C@H](COP(=O)(NC(C)(C)C(=O)OCc2ccccc2)Oc2ccc(Cl)cc2)C(O)[C@@]1(C)O. The van der Waals surface area contributed by atoms with Gasteiger partial charge in [0.25, 0.3) is 0 Å². The molecule has 4 N–H and O–H groups in total. The fraction of sp³-hybridized carbons (Fsp3) is 0.400. The third-order valence-corrected chi connectivity index (χ3v) is 10.2. The van der Waals surface area contributed by atoms with E-state index in [0.717, 1.165) is 16.8 Å². The van der Waals surface area contributed by atoms with E-state index < -0.39 is 59.9 Å². The Bertz CT molecular complexity index is 1980. The summed E-state index contributed by atoms with van der Waals surface area (Å²) in [5, 5.41) is 26.8. The third kappa shape index (κ3) is 8.59. The lowest BCUT2D eigenvalue weighted by atomic mass is 9.96. The van der Waals surface area contributed by atoms with Crippen LogP contribution >= 0.6 is 19.3 Å². The normalized spacial score (nSPS) is 22.3. The van der Waals surface area contributed by atoms with E-state index >= 15 is 0 Å². The number of carbonyl (C=O) groups is 1. The van der Waals surface area contributed by atoms with Gasteiger partial charge >= 0.3 is 13.7 Å². The quantitative estimate of drug-likeness (QED) is 0.0827. The molecule has 50 heavy (non-hydrogen) atoms. The number of halogens is 1. The van der Waals surface area contributed by atoms with Crippen molar-refractivity contribution < 1.29 is 46.5 Å². The molecule has 5 atom stereocenters. The monoisotopic (exact) mass is 753 g/mol. The predicted molar refractivity (Wildman–Crippen MR) is 181 cm³/mol. The molecule has 0 spiro atoms. The Morgan fingerprint density at radius 3 is 2.50 bits per heavy atom. The second-order valence-electron chi connectivity index (χ2n) is 12.3. The zero-order valence-corrected chi connectivity index (χ0v) is 30.1. The van der Waals surface area contributed by atoms with Gasteiger partial charge in [0.05, 0.1) is 19.2 Å². The molecule has 2 aromatic carbocycles. The van der Waals surface area contributed by atoms with Crippen LogP contribution in [0, 0.1) is 0 Å². The average Bonchev–Trinajstić information content (AvgIpc) is 3.56. The highest BCUT2D eigenvalue weighted by Gasteiger charge is 2.54. The second kappa shape index (κ2) is 14.5. The molecule has 3 heterocycles. The number of imidazole rings is 1. The molecule has 270 valence electrons. The largest absolute Gasteiger partial charge is 0.459 e. The minimum absolute atomic E-state index is 0.0353. The molecule has 0 bridgehead atoms. The molecule has 1 saturated heterocycles. The van der Waals surface area contributed by atoms with E-state index in [1.807, 2.05) is 6.07 Å². The summed E-state index contributed by atoms with van der Waals surface area (Å²) in [5.41, 5.74) is -2.53. The van der Waals surface area contributed by atoms with Gasteiger partial charge in [-0.05, 0) is 50.6 Å². The predicted octanol–water partition coefficient (Wildman–Crippen LogP) is 2.70. The fourth-order valence-electron chi connectivity index (χ4n) is 5.11. The highest BCUT2D eigenvalue weighted by molar-refractivity contribution is 7.88. The van der Waals surface area contributed by atoms with Gasteiger partial charge < -0.3 is 24.2 Å². The number of hydrogen-bond acceptors (Lipinski definition) is 14. The lowest BCUT2D eigenvalue weighted by Gasteiger charge is -2.30.